The third-order valence-electron chi connectivity index (χ3n) is 3.66. The molecule has 0 bridgehead atoms. The third kappa shape index (κ3) is 3.68. The van der Waals surface area contributed by atoms with Crippen LogP contribution in [-0.2, 0) is 0 Å². The maximum Gasteiger partial charge on any atom is 0.176 e. The fourth-order valence-corrected chi connectivity index (χ4v) is 2.30. The SMILES string of the molecule is CCN(CC)CCNCC(=O)c1ccc2cc[nH]c2c1. The monoisotopic (exact) mass is 273 g/mol. The number of ketones is 1. The van der Waals surface area contributed by atoms with E-state index in [2.05, 4.69) is 29.0 Å². The van der Waals surface area contributed by atoms with E-state index in [4.69, 9.17) is 0 Å². The number of hydrogen-bond donors (Lipinski definition) is 2. The van der Waals surface area contributed by atoms with Crippen molar-refractivity contribution < 1.29 is 4.79 Å². The van der Waals surface area contributed by atoms with Crippen LogP contribution in [0, 0.1) is 0 Å². The van der Waals surface area contributed by atoms with Crippen LogP contribution in [0.15, 0.2) is 30.5 Å². The average molecular weight is 273 g/mol. The average Bonchev–Trinajstić information content (AvgIpc) is 2.94. The smallest absolute Gasteiger partial charge is 0.176 e. The molecule has 0 saturated heterocycles. The van der Waals surface area contributed by atoms with E-state index < -0.39 is 0 Å². The molecule has 2 N–H and O–H groups in total. The van der Waals surface area contributed by atoms with Crippen LogP contribution in [0.1, 0.15) is 24.2 Å². The molecule has 0 unspecified atom stereocenters. The Morgan fingerprint density at radius 3 is 2.80 bits per heavy atom. The van der Waals surface area contributed by atoms with E-state index in [0.29, 0.717) is 6.54 Å². The number of rotatable bonds is 8. The van der Waals surface area contributed by atoms with Gasteiger partial charge < -0.3 is 15.2 Å². The summed E-state index contributed by atoms with van der Waals surface area (Å²) in [7, 11) is 0. The first-order valence-electron chi connectivity index (χ1n) is 7.28. The van der Waals surface area contributed by atoms with E-state index >= 15 is 0 Å². The highest BCUT2D eigenvalue weighted by molar-refractivity contribution is 6.00. The van der Waals surface area contributed by atoms with Crippen LogP contribution < -0.4 is 5.32 Å². The van der Waals surface area contributed by atoms with Gasteiger partial charge >= 0.3 is 0 Å². The Hall–Kier alpha value is -1.65. The third-order valence-corrected chi connectivity index (χ3v) is 3.66. The number of Topliss-reactive ketones (excluding diaryl/α,β-unsaturated/α-hetero) is 1. The fourth-order valence-electron chi connectivity index (χ4n) is 2.30. The highest BCUT2D eigenvalue weighted by Crippen LogP contribution is 2.14. The summed E-state index contributed by atoms with van der Waals surface area (Å²) in [5.74, 6) is 0.140. The van der Waals surface area contributed by atoms with Crippen molar-refractivity contribution in [1.29, 1.82) is 0 Å². The predicted octanol–water partition coefficient (Wildman–Crippen LogP) is 2.28. The van der Waals surface area contributed by atoms with Crippen LogP contribution in [0.3, 0.4) is 0 Å². The summed E-state index contributed by atoms with van der Waals surface area (Å²) in [5, 5.41) is 4.36. The van der Waals surface area contributed by atoms with Crippen molar-refractivity contribution in [2.75, 3.05) is 32.7 Å². The van der Waals surface area contributed by atoms with Gasteiger partial charge in [-0.1, -0.05) is 26.0 Å². The molecule has 0 fully saturated rings. The molecule has 2 aromatic rings. The van der Waals surface area contributed by atoms with Gasteiger partial charge in [-0.25, -0.2) is 0 Å². The first-order chi connectivity index (χ1) is 9.74. The number of nitrogens with one attached hydrogen (secondary N) is 2. The van der Waals surface area contributed by atoms with E-state index in [9.17, 15) is 4.79 Å². The van der Waals surface area contributed by atoms with Gasteiger partial charge in [0.25, 0.3) is 0 Å². The van der Waals surface area contributed by atoms with E-state index in [1.165, 1.54) is 0 Å². The lowest BCUT2D eigenvalue weighted by Gasteiger charge is -2.17. The molecule has 0 saturated carbocycles. The van der Waals surface area contributed by atoms with Crippen LogP contribution >= 0.6 is 0 Å². The number of aromatic nitrogens is 1. The second kappa shape index (κ2) is 7.22. The minimum atomic E-state index is 0.140. The molecular weight excluding hydrogens is 250 g/mol. The van der Waals surface area contributed by atoms with Crippen molar-refractivity contribution in [2.45, 2.75) is 13.8 Å². The summed E-state index contributed by atoms with van der Waals surface area (Å²) in [6.45, 7) is 8.63. The molecule has 0 aliphatic heterocycles. The molecule has 2 rings (SSSR count). The quantitative estimate of drug-likeness (QED) is 0.573. The maximum atomic E-state index is 12.1. The lowest BCUT2D eigenvalue weighted by atomic mass is 10.1. The molecule has 0 spiro atoms. The molecule has 4 nitrogen and oxygen atoms in total. The number of nitrogens with zero attached hydrogens (tertiary/aromatic N) is 1. The molecule has 0 atom stereocenters. The molecule has 1 aromatic heterocycles. The molecule has 0 aliphatic carbocycles. The summed E-state index contributed by atoms with van der Waals surface area (Å²) >= 11 is 0. The number of aromatic amines is 1. The molecule has 1 aromatic carbocycles. The zero-order valence-electron chi connectivity index (χ0n) is 12.3. The van der Waals surface area contributed by atoms with Gasteiger partial charge in [0.05, 0.1) is 6.54 Å². The molecule has 4 heteroatoms. The number of likely N-dealkylation sites (N-methyl/N-ethyl adjacent to an activating group) is 1. The highest BCUT2D eigenvalue weighted by atomic mass is 16.1. The van der Waals surface area contributed by atoms with E-state index in [0.717, 1.165) is 42.6 Å². The van der Waals surface area contributed by atoms with E-state index in [1.54, 1.807) is 0 Å². The van der Waals surface area contributed by atoms with Crippen molar-refractivity contribution in [3.63, 3.8) is 0 Å². The second-order valence-corrected chi connectivity index (χ2v) is 4.91. The molecule has 1 heterocycles. The second-order valence-electron chi connectivity index (χ2n) is 4.91. The first-order valence-corrected chi connectivity index (χ1v) is 7.28. The van der Waals surface area contributed by atoms with Crippen LogP contribution in [0.2, 0.25) is 0 Å². The van der Waals surface area contributed by atoms with Gasteiger partial charge in [-0.05, 0) is 30.6 Å². The van der Waals surface area contributed by atoms with E-state index in [1.807, 2.05) is 30.5 Å². The number of benzene rings is 1. The Balaban J connectivity index is 1.82. The van der Waals surface area contributed by atoms with Gasteiger partial charge in [0.1, 0.15) is 0 Å². The Kier molecular flexibility index (Phi) is 5.32. The van der Waals surface area contributed by atoms with Crippen molar-refractivity contribution >= 4 is 16.7 Å². The number of H-pyrrole nitrogens is 1. The van der Waals surface area contributed by atoms with Gasteiger partial charge in [0, 0.05) is 30.4 Å². The summed E-state index contributed by atoms with van der Waals surface area (Å²) < 4.78 is 0. The molecule has 0 aliphatic rings. The van der Waals surface area contributed by atoms with Gasteiger partial charge in [-0.3, -0.25) is 4.79 Å². The van der Waals surface area contributed by atoms with Crippen molar-refractivity contribution in [2.24, 2.45) is 0 Å². The standard InChI is InChI=1S/C16H23N3O/c1-3-19(4-2)10-9-17-12-16(20)14-6-5-13-7-8-18-15(13)11-14/h5-8,11,17-18H,3-4,9-10,12H2,1-2H3. The molecule has 20 heavy (non-hydrogen) atoms. The summed E-state index contributed by atoms with van der Waals surface area (Å²) in [4.78, 5) is 17.6. The Morgan fingerprint density at radius 1 is 1.25 bits per heavy atom. The molecule has 0 radical (unpaired) electrons. The zero-order chi connectivity index (χ0) is 14.4. The maximum absolute atomic E-state index is 12.1. The van der Waals surface area contributed by atoms with Gasteiger partial charge in [0.2, 0.25) is 0 Å². The molecule has 108 valence electrons. The summed E-state index contributed by atoms with van der Waals surface area (Å²) in [6, 6.07) is 7.80. The number of carbonyl (C=O) groups is 1. The lowest BCUT2D eigenvalue weighted by molar-refractivity contribution is 0.0990. The number of carbonyl (C=O) groups excluding carboxylic acids is 1. The fraction of sp³-hybridized carbons (Fsp3) is 0.438. The van der Waals surface area contributed by atoms with E-state index in [-0.39, 0.29) is 5.78 Å². The lowest BCUT2D eigenvalue weighted by Crippen LogP contribution is -2.34. The first kappa shape index (κ1) is 14.8. The zero-order valence-corrected chi connectivity index (χ0v) is 12.3. The minimum Gasteiger partial charge on any atom is -0.361 e. The van der Waals surface area contributed by atoms with Gasteiger partial charge in [0.15, 0.2) is 5.78 Å². The molecule has 0 amide bonds. The number of fused-ring (bicyclic) bond motifs is 1. The van der Waals surface area contributed by atoms with Crippen LogP contribution in [0.25, 0.3) is 10.9 Å². The van der Waals surface area contributed by atoms with Crippen LogP contribution in [-0.4, -0.2) is 48.4 Å². The molecular formula is C16H23N3O. The number of hydrogen-bond acceptors (Lipinski definition) is 3. The van der Waals surface area contributed by atoms with Gasteiger partial charge in [-0.2, -0.15) is 0 Å². The normalized spacial score (nSPS) is 11.3. The van der Waals surface area contributed by atoms with Crippen molar-refractivity contribution in [1.82, 2.24) is 15.2 Å². The van der Waals surface area contributed by atoms with Gasteiger partial charge in [-0.15, -0.1) is 0 Å². The Labute approximate surface area is 120 Å². The predicted molar refractivity (Wildman–Crippen MR) is 83.3 cm³/mol. The van der Waals surface area contributed by atoms with Crippen molar-refractivity contribution in [3.8, 4) is 0 Å². The van der Waals surface area contributed by atoms with Crippen LogP contribution in [0.5, 0.6) is 0 Å². The van der Waals surface area contributed by atoms with Crippen molar-refractivity contribution in [3.05, 3.63) is 36.0 Å². The summed E-state index contributed by atoms with van der Waals surface area (Å²) in [5.41, 5.74) is 1.77. The largest absolute Gasteiger partial charge is 0.361 e. The van der Waals surface area contributed by atoms with Crippen LogP contribution in [0.4, 0.5) is 0 Å². The minimum absolute atomic E-state index is 0.140. The Bertz CT molecular complexity index is 558. The Morgan fingerprint density at radius 2 is 2.05 bits per heavy atom. The summed E-state index contributed by atoms with van der Waals surface area (Å²) in [6.07, 6.45) is 1.89. The topological polar surface area (TPSA) is 48.1 Å². The highest BCUT2D eigenvalue weighted by Gasteiger charge is 2.07.